The number of carbonyl (C=O) groups is 3. The fourth-order valence-corrected chi connectivity index (χ4v) is 2.71. The fourth-order valence-electron chi connectivity index (χ4n) is 2.71. The van der Waals surface area contributed by atoms with E-state index in [0.717, 1.165) is 24.2 Å². The summed E-state index contributed by atoms with van der Waals surface area (Å²) in [5.74, 6) is -0.779. The van der Waals surface area contributed by atoms with Gasteiger partial charge in [-0.05, 0) is 12.8 Å². The average molecular weight is 254 g/mol. The molecule has 2 aliphatic rings. The van der Waals surface area contributed by atoms with Gasteiger partial charge in [0.1, 0.15) is 5.41 Å². The molecule has 0 radical (unpaired) electrons. The van der Waals surface area contributed by atoms with Crippen LogP contribution in [0.5, 0.6) is 0 Å². The Morgan fingerprint density at radius 3 is 2.50 bits per heavy atom. The number of hydrogen-bond donors (Lipinski definition) is 1. The van der Waals surface area contributed by atoms with Crippen LogP contribution in [-0.2, 0) is 14.3 Å². The minimum absolute atomic E-state index is 0.191. The molecule has 2 rings (SSSR count). The zero-order chi connectivity index (χ0) is 13.2. The van der Waals surface area contributed by atoms with Gasteiger partial charge in [-0.25, -0.2) is 4.79 Å². The summed E-state index contributed by atoms with van der Waals surface area (Å²) >= 11 is 0. The lowest BCUT2D eigenvalue weighted by Crippen LogP contribution is -2.64. The Balaban J connectivity index is 2.21. The summed E-state index contributed by atoms with van der Waals surface area (Å²) in [7, 11) is 1.51. The highest BCUT2D eigenvalue weighted by Crippen LogP contribution is 2.39. The predicted octanol–water partition coefficient (Wildman–Crippen LogP) is 0.662. The van der Waals surface area contributed by atoms with Crippen molar-refractivity contribution in [2.24, 2.45) is 5.41 Å². The molecule has 1 heterocycles. The molecule has 18 heavy (non-hydrogen) atoms. The van der Waals surface area contributed by atoms with E-state index in [1.54, 1.807) is 0 Å². The molecule has 0 unspecified atom stereocenters. The summed E-state index contributed by atoms with van der Waals surface area (Å²) in [6.45, 7) is 0.472. The van der Waals surface area contributed by atoms with Crippen LogP contribution in [0.3, 0.4) is 0 Å². The lowest BCUT2D eigenvalue weighted by atomic mass is 9.71. The van der Waals surface area contributed by atoms with Crippen molar-refractivity contribution >= 4 is 17.8 Å². The predicted molar refractivity (Wildman–Crippen MR) is 62.6 cm³/mol. The van der Waals surface area contributed by atoms with Crippen LogP contribution < -0.4 is 5.32 Å². The first-order valence-corrected chi connectivity index (χ1v) is 6.28. The van der Waals surface area contributed by atoms with Gasteiger partial charge in [0.25, 0.3) is 0 Å². The highest BCUT2D eigenvalue weighted by atomic mass is 16.5. The van der Waals surface area contributed by atoms with Crippen molar-refractivity contribution in [3.63, 3.8) is 0 Å². The number of rotatable bonds is 3. The van der Waals surface area contributed by atoms with E-state index in [2.05, 4.69) is 5.32 Å². The summed E-state index contributed by atoms with van der Waals surface area (Å²) in [5, 5.41) is 2.30. The van der Waals surface area contributed by atoms with E-state index < -0.39 is 17.4 Å². The summed E-state index contributed by atoms with van der Waals surface area (Å²) in [4.78, 5) is 37.2. The van der Waals surface area contributed by atoms with Crippen molar-refractivity contribution in [1.29, 1.82) is 0 Å². The largest absolute Gasteiger partial charge is 0.383 e. The Labute approximate surface area is 106 Å². The van der Waals surface area contributed by atoms with Gasteiger partial charge in [0.2, 0.25) is 11.8 Å². The second-order valence-electron chi connectivity index (χ2n) is 4.85. The van der Waals surface area contributed by atoms with Crippen LogP contribution in [0.2, 0.25) is 0 Å². The molecule has 1 aliphatic carbocycles. The van der Waals surface area contributed by atoms with Gasteiger partial charge in [0.05, 0.1) is 13.2 Å². The summed E-state index contributed by atoms with van der Waals surface area (Å²) in [6.07, 6.45) is 3.81. The van der Waals surface area contributed by atoms with E-state index in [1.807, 2.05) is 0 Å². The van der Waals surface area contributed by atoms with Crippen molar-refractivity contribution < 1.29 is 19.1 Å². The Kier molecular flexibility index (Phi) is 3.65. The van der Waals surface area contributed by atoms with Crippen molar-refractivity contribution in [2.45, 2.75) is 32.1 Å². The first-order chi connectivity index (χ1) is 8.62. The average Bonchev–Trinajstić information content (AvgIpc) is 2.38. The number of imide groups is 2. The van der Waals surface area contributed by atoms with Crippen molar-refractivity contribution in [3.05, 3.63) is 0 Å². The summed E-state index contributed by atoms with van der Waals surface area (Å²) in [6, 6.07) is -0.627. The van der Waals surface area contributed by atoms with Crippen LogP contribution in [0, 0.1) is 5.41 Å². The monoisotopic (exact) mass is 254 g/mol. The van der Waals surface area contributed by atoms with Crippen molar-refractivity contribution in [2.75, 3.05) is 20.3 Å². The lowest BCUT2D eigenvalue weighted by Gasteiger charge is -2.41. The Bertz CT molecular complexity index is 374. The number of nitrogens with one attached hydrogen (secondary N) is 1. The van der Waals surface area contributed by atoms with Crippen LogP contribution >= 0.6 is 0 Å². The zero-order valence-electron chi connectivity index (χ0n) is 10.5. The van der Waals surface area contributed by atoms with E-state index in [1.165, 1.54) is 7.11 Å². The zero-order valence-corrected chi connectivity index (χ0v) is 10.5. The standard InChI is InChI=1S/C12H18N2O4/c1-18-8-7-14-10(16)12(5-3-2-4-6-12)9(15)13-11(14)17/h2-8H2,1H3,(H,13,15,17). The maximum atomic E-state index is 12.4. The third kappa shape index (κ3) is 2.01. The van der Waals surface area contributed by atoms with Crippen molar-refractivity contribution in [1.82, 2.24) is 10.2 Å². The second kappa shape index (κ2) is 5.06. The van der Waals surface area contributed by atoms with E-state index in [4.69, 9.17) is 4.74 Å². The molecule has 0 aromatic rings. The molecule has 0 aromatic heterocycles. The molecule has 1 saturated heterocycles. The molecule has 6 nitrogen and oxygen atoms in total. The lowest BCUT2D eigenvalue weighted by molar-refractivity contribution is -0.154. The second-order valence-corrected chi connectivity index (χ2v) is 4.85. The van der Waals surface area contributed by atoms with Gasteiger partial charge < -0.3 is 4.74 Å². The van der Waals surface area contributed by atoms with Crippen LogP contribution in [0.25, 0.3) is 0 Å². The number of amides is 4. The maximum Gasteiger partial charge on any atom is 0.330 e. The van der Waals surface area contributed by atoms with Crippen LogP contribution in [-0.4, -0.2) is 43.0 Å². The summed E-state index contributed by atoms with van der Waals surface area (Å²) < 4.78 is 4.89. The number of carbonyl (C=O) groups excluding carboxylic acids is 3. The molecule has 1 spiro atoms. The van der Waals surface area contributed by atoms with Gasteiger partial charge in [-0.1, -0.05) is 19.3 Å². The van der Waals surface area contributed by atoms with Crippen LogP contribution in [0.15, 0.2) is 0 Å². The molecule has 100 valence electrons. The minimum atomic E-state index is -1.01. The van der Waals surface area contributed by atoms with Crippen LogP contribution in [0.1, 0.15) is 32.1 Å². The molecule has 1 aliphatic heterocycles. The first-order valence-electron chi connectivity index (χ1n) is 6.28. The van der Waals surface area contributed by atoms with Gasteiger partial charge in [0.15, 0.2) is 0 Å². The molecule has 0 bridgehead atoms. The Hall–Kier alpha value is -1.43. The molecule has 0 aromatic carbocycles. The number of ether oxygens (including phenoxy) is 1. The first kappa shape index (κ1) is 13.0. The number of urea groups is 1. The van der Waals surface area contributed by atoms with Gasteiger partial charge in [-0.3, -0.25) is 19.8 Å². The molecular weight excluding hydrogens is 236 g/mol. The SMILES string of the molecule is COCCN1C(=O)NC(=O)C2(CCCCC2)C1=O. The third-order valence-electron chi connectivity index (χ3n) is 3.78. The van der Waals surface area contributed by atoms with Gasteiger partial charge in [-0.2, -0.15) is 0 Å². The number of methoxy groups -OCH3 is 1. The van der Waals surface area contributed by atoms with E-state index in [0.29, 0.717) is 12.8 Å². The Morgan fingerprint density at radius 2 is 1.89 bits per heavy atom. The summed E-state index contributed by atoms with van der Waals surface area (Å²) in [5.41, 5.74) is -1.01. The topological polar surface area (TPSA) is 75.7 Å². The van der Waals surface area contributed by atoms with Gasteiger partial charge >= 0.3 is 6.03 Å². The normalized spacial score (nSPS) is 23.4. The number of hydrogen-bond acceptors (Lipinski definition) is 4. The highest BCUT2D eigenvalue weighted by molar-refractivity contribution is 6.19. The molecule has 1 N–H and O–H groups in total. The number of barbiturate groups is 1. The molecule has 6 heteroatoms. The molecule has 1 saturated carbocycles. The maximum absolute atomic E-state index is 12.4. The van der Waals surface area contributed by atoms with Gasteiger partial charge in [-0.15, -0.1) is 0 Å². The molecular formula is C12H18N2O4. The van der Waals surface area contributed by atoms with Gasteiger partial charge in [0, 0.05) is 7.11 Å². The Morgan fingerprint density at radius 1 is 1.22 bits per heavy atom. The molecule has 0 atom stereocenters. The minimum Gasteiger partial charge on any atom is -0.383 e. The quantitative estimate of drug-likeness (QED) is 0.751. The van der Waals surface area contributed by atoms with Crippen molar-refractivity contribution in [3.8, 4) is 0 Å². The van der Waals surface area contributed by atoms with E-state index >= 15 is 0 Å². The highest BCUT2D eigenvalue weighted by Gasteiger charge is 2.53. The number of nitrogens with zero attached hydrogens (tertiary/aromatic N) is 1. The molecule has 2 fully saturated rings. The van der Waals surface area contributed by atoms with E-state index in [9.17, 15) is 14.4 Å². The van der Waals surface area contributed by atoms with Crippen LogP contribution in [0.4, 0.5) is 4.79 Å². The third-order valence-corrected chi connectivity index (χ3v) is 3.78. The smallest absolute Gasteiger partial charge is 0.330 e. The molecule has 4 amide bonds. The van der Waals surface area contributed by atoms with E-state index in [-0.39, 0.29) is 19.1 Å². The fraction of sp³-hybridized carbons (Fsp3) is 0.750.